The summed E-state index contributed by atoms with van der Waals surface area (Å²) in [7, 11) is 0. The third-order valence-corrected chi connectivity index (χ3v) is 4.45. The number of halogens is 2. The topological polar surface area (TPSA) is 59.2 Å². The van der Waals surface area contributed by atoms with Crippen LogP contribution in [0.4, 0.5) is 8.78 Å². The van der Waals surface area contributed by atoms with Crippen LogP contribution in [0.5, 0.6) is 0 Å². The van der Waals surface area contributed by atoms with Gasteiger partial charge in [0, 0.05) is 12.1 Å². The molecule has 0 aliphatic carbocycles. The van der Waals surface area contributed by atoms with Crippen molar-refractivity contribution in [2.75, 3.05) is 6.54 Å². The Morgan fingerprint density at radius 3 is 2.65 bits per heavy atom. The lowest BCUT2D eigenvalue weighted by Crippen LogP contribution is -2.31. The summed E-state index contributed by atoms with van der Waals surface area (Å²) in [5.41, 5.74) is 0.643. The summed E-state index contributed by atoms with van der Waals surface area (Å²) in [6.07, 6.45) is 1.42. The fourth-order valence-corrected chi connectivity index (χ4v) is 3.14. The van der Waals surface area contributed by atoms with Crippen molar-refractivity contribution in [2.24, 2.45) is 0 Å². The Balaban J connectivity index is 1.60. The van der Waals surface area contributed by atoms with E-state index in [1.54, 1.807) is 29.2 Å². The molecule has 1 aromatic heterocycles. The Morgan fingerprint density at radius 1 is 1.12 bits per heavy atom. The van der Waals surface area contributed by atoms with Crippen LogP contribution in [0.3, 0.4) is 0 Å². The summed E-state index contributed by atoms with van der Waals surface area (Å²) in [5, 5.41) is 3.92. The van der Waals surface area contributed by atoms with E-state index in [2.05, 4.69) is 10.1 Å². The smallest absolute Gasteiger partial charge is 0.257 e. The first-order chi connectivity index (χ1) is 12.6. The summed E-state index contributed by atoms with van der Waals surface area (Å²) in [4.78, 5) is 18.6. The summed E-state index contributed by atoms with van der Waals surface area (Å²) >= 11 is 0. The van der Waals surface area contributed by atoms with E-state index in [0.717, 1.165) is 6.42 Å². The molecule has 0 N–H and O–H groups in total. The maximum absolute atomic E-state index is 14.0. The van der Waals surface area contributed by atoms with Crippen LogP contribution in [0.1, 0.15) is 35.1 Å². The Hall–Kier alpha value is -3.09. The van der Waals surface area contributed by atoms with E-state index in [9.17, 15) is 13.6 Å². The van der Waals surface area contributed by atoms with Crippen LogP contribution in [-0.4, -0.2) is 27.5 Å². The van der Waals surface area contributed by atoms with Crippen molar-refractivity contribution in [3.8, 4) is 11.4 Å². The lowest BCUT2D eigenvalue weighted by atomic mass is 10.1. The second-order valence-electron chi connectivity index (χ2n) is 6.10. The molecule has 0 bridgehead atoms. The maximum Gasteiger partial charge on any atom is 0.257 e. The fraction of sp³-hybridized carbons (Fsp3) is 0.211. The summed E-state index contributed by atoms with van der Waals surface area (Å²) in [5.74, 6) is -0.681. The molecule has 0 radical (unpaired) electrons. The molecule has 1 atom stereocenters. The van der Waals surface area contributed by atoms with Gasteiger partial charge in [-0.3, -0.25) is 4.79 Å². The van der Waals surface area contributed by atoms with Gasteiger partial charge in [-0.25, -0.2) is 8.78 Å². The molecule has 2 heterocycles. The third-order valence-electron chi connectivity index (χ3n) is 4.45. The van der Waals surface area contributed by atoms with Crippen LogP contribution in [-0.2, 0) is 0 Å². The van der Waals surface area contributed by atoms with Gasteiger partial charge in [0.1, 0.15) is 17.7 Å². The highest BCUT2D eigenvalue weighted by atomic mass is 19.1. The molecular formula is C19H15F2N3O2. The number of hydrogen-bond donors (Lipinski definition) is 0. The van der Waals surface area contributed by atoms with E-state index in [1.807, 2.05) is 0 Å². The third kappa shape index (κ3) is 2.96. The first kappa shape index (κ1) is 16.4. The van der Waals surface area contributed by atoms with Gasteiger partial charge in [-0.1, -0.05) is 17.3 Å². The molecule has 3 aromatic rings. The summed E-state index contributed by atoms with van der Waals surface area (Å²) in [6, 6.07) is 11.2. The number of benzene rings is 2. The zero-order chi connectivity index (χ0) is 18.1. The maximum atomic E-state index is 14.0. The van der Waals surface area contributed by atoms with Crippen molar-refractivity contribution in [1.82, 2.24) is 15.0 Å². The first-order valence-corrected chi connectivity index (χ1v) is 8.28. The predicted molar refractivity (Wildman–Crippen MR) is 89.1 cm³/mol. The van der Waals surface area contributed by atoms with Crippen molar-refractivity contribution in [3.05, 3.63) is 71.6 Å². The van der Waals surface area contributed by atoms with Crippen molar-refractivity contribution in [2.45, 2.75) is 18.9 Å². The molecule has 2 aromatic carbocycles. The van der Waals surface area contributed by atoms with Crippen molar-refractivity contribution < 1.29 is 18.1 Å². The number of nitrogens with zero attached hydrogens (tertiary/aromatic N) is 3. The first-order valence-electron chi connectivity index (χ1n) is 8.28. The second-order valence-corrected chi connectivity index (χ2v) is 6.10. The number of aromatic nitrogens is 2. The van der Waals surface area contributed by atoms with Gasteiger partial charge >= 0.3 is 0 Å². The minimum atomic E-state index is -0.555. The highest BCUT2D eigenvalue weighted by Gasteiger charge is 2.35. The van der Waals surface area contributed by atoms with E-state index in [1.165, 1.54) is 24.3 Å². The van der Waals surface area contributed by atoms with Crippen LogP contribution in [0.25, 0.3) is 11.4 Å². The van der Waals surface area contributed by atoms with E-state index in [0.29, 0.717) is 30.2 Å². The lowest BCUT2D eigenvalue weighted by Gasteiger charge is -2.22. The van der Waals surface area contributed by atoms with E-state index in [-0.39, 0.29) is 11.4 Å². The molecule has 7 heteroatoms. The minimum absolute atomic E-state index is 0.0256. The van der Waals surface area contributed by atoms with Crippen molar-refractivity contribution in [3.63, 3.8) is 0 Å². The Kier molecular flexibility index (Phi) is 4.20. The van der Waals surface area contributed by atoms with Gasteiger partial charge in [0.05, 0.1) is 5.56 Å². The number of rotatable bonds is 3. The number of carbonyl (C=O) groups is 1. The zero-order valence-corrected chi connectivity index (χ0v) is 13.7. The van der Waals surface area contributed by atoms with Crippen molar-refractivity contribution in [1.29, 1.82) is 0 Å². The van der Waals surface area contributed by atoms with Gasteiger partial charge in [-0.15, -0.1) is 0 Å². The van der Waals surface area contributed by atoms with Gasteiger partial charge < -0.3 is 9.42 Å². The van der Waals surface area contributed by atoms with Gasteiger partial charge in [-0.05, 0) is 49.2 Å². The number of hydrogen-bond acceptors (Lipinski definition) is 4. The van der Waals surface area contributed by atoms with E-state index < -0.39 is 17.8 Å². The number of amides is 1. The SMILES string of the molecule is O=C(c1ccccc1F)N1CCCC1c1nc(-c2ccc(F)cc2)no1. The normalized spacial score (nSPS) is 16.8. The molecule has 0 saturated carbocycles. The van der Waals surface area contributed by atoms with Gasteiger partial charge in [0.2, 0.25) is 11.7 Å². The molecule has 1 aliphatic heterocycles. The molecule has 132 valence electrons. The Morgan fingerprint density at radius 2 is 1.88 bits per heavy atom. The standard InChI is InChI=1S/C19H15F2N3O2/c20-13-9-7-12(8-10-13)17-22-18(26-23-17)16-6-3-11-24(16)19(25)14-4-1-2-5-15(14)21/h1-2,4-5,7-10,16H,3,6,11H2. The largest absolute Gasteiger partial charge is 0.337 e. The van der Waals surface area contributed by atoms with Crippen molar-refractivity contribution >= 4 is 5.91 Å². The quantitative estimate of drug-likeness (QED) is 0.713. The highest BCUT2D eigenvalue weighted by molar-refractivity contribution is 5.94. The second kappa shape index (κ2) is 6.67. The molecule has 5 nitrogen and oxygen atoms in total. The van der Waals surface area contributed by atoms with Crippen LogP contribution in [0.2, 0.25) is 0 Å². The van der Waals surface area contributed by atoms with E-state index >= 15 is 0 Å². The average molecular weight is 355 g/mol. The molecule has 1 fully saturated rings. The van der Waals surface area contributed by atoms with Gasteiger partial charge in [0.15, 0.2) is 0 Å². The number of likely N-dealkylation sites (tertiary alicyclic amines) is 1. The average Bonchev–Trinajstić information content (AvgIpc) is 3.31. The van der Waals surface area contributed by atoms with E-state index in [4.69, 9.17) is 4.52 Å². The van der Waals surface area contributed by atoms with Crippen LogP contribution in [0.15, 0.2) is 53.1 Å². The molecule has 1 aliphatic rings. The lowest BCUT2D eigenvalue weighted by molar-refractivity contribution is 0.0705. The monoisotopic (exact) mass is 355 g/mol. The van der Waals surface area contributed by atoms with Crippen LogP contribution in [0, 0.1) is 11.6 Å². The molecule has 26 heavy (non-hydrogen) atoms. The van der Waals surface area contributed by atoms with Crippen LogP contribution >= 0.6 is 0 Å². The Bertz CT molecular complexity index is 940. The minimum Gasteiger partial charge on any atom is -0.337 e. The molecule has 1 saturated heterocycles. The molecule has 1 amide bonds. The zero-order valence-electron chi connectivity index (χ0n) is 13.7. The summed E-state index contributed by atoms with van der Waals surface area (Å²) < 4.78 is 32.3. The fourth-order valence-electron chi connectivity index (χ4n) is 3.14. The van der Waals surface area contributed by atoms with Gasteiger partial charge in [-0.2, -0.15) is 4.98 Å². The molecule has 0 spiro atoms. The van der Waals surface area contributed by atoms with Crippen LogP contribution < -0.4 is 0 Å². The summed E-state index contributed by atoms with van der Waals surface area (Å²) in [6.45, 7) is 0.492. The molecular weight excluding hydrogens is 340 g/mol. The molecule has 1 unspecified atom stereocenters. The molecule has 4 rings (SSSR count). The van der Waals surface area contributed by atoms with Gasteiger partial charge in [0.25, 0.3) is 5.91 Å². The predicted octanol–water partition coefficient (Wildman–Crippen LogP) is 3.99. The number of carbonyl (C=O) groups excluding carboxylic acids is 1. The Labute approximate surface area is 148 Å². The highest BCUT2D eigenvalue weighted by Crippen LogP contribution is 2.33.